The molecule has 0 amide bonds. The summed E-state index contributed by atoms with van der Waals surface area (Å²) in [4.78, 5) is 12.1. The van der Waals surface area contributed by atoms with Gasteiger partial charge in [0.1, 0.15) is 0 Å². The van der Waals surface area contributed by atoms with E-state index < -0.39 is 24.6 Å². The van der Waals surface area contributed by atoms with E-state index in [-0.39, 0.29) is 0 Å². The molecule has 0 radical (unpaired) electrons. The fourth-order valence-corrected chi connectivity index (χ4v) is 0.892. The molecule has 1 atom stereocenters. The van der Waals surface area contributed by atoms with E-state index in [1.54, 1.807) is 19.0 Å². The maximum Gasteiger partial charge on any atom is 0.403 e. The van der Waals surface area contributed by atoms with E-state index in [2.05, 4.69) is 5.32 Å². The smallest absolute Gasteiger partial charge is 0.403 e. The van der Waals surface area contributed by atoms with Crippen LogP contribution < -0.4 is 5.32 Å². The van der Waals surface area contributed by atoms with Crippen LogP contribution in [0.3, 0.4) is 0 Å². The predicted molar refractivity (Wildman–Crippen MR) is 48.6 cm³/mol. The van der Waals surface area contributed by atoms with Gasteiger partial charge in [-0.2, -0.15) is 13.2 Å². The Morgan fingerprint density at radius 1 is 1.47 bits per heavy atom. The number of hydrogen-bond donors (Lipinski definition) is 2. The summed E-state index contributed by atoms with van der Waals surface area (Å²) in [5.41, 5.74) is 0. The Kier molecular flexibility index (Phi) is 5.59. The van der Waals surface area contributed by atoms with Gasteiger partial charge in [0.25, 0.3) is 0 Å². The molecule has 0 fully saturated rings. The number of halogens is 3. The molecule has 0 heterocycles. The van der Waals surface area contributed by atoms with Crippen LogP contribution in [0.25, 0.3) is 0 Å². The average molecular weight is 228 g/mol. The van der Waals surface area contributed by atoms with Gasteiger partial charge in [-0.3, -0.25) is 4.79 Å². The van der Waals surface area contributed by atoms with Gasteiger partial charge in [-0.1, -0.05) is 0 Å². The van der Waals surface area contributed by atoms with E-state index in [0.29, 0.717) is 13.1 Å². The molecule has 0 aliphatic heterocycles. The summed E-state index contributed by atoms with van der Waals surface area (Å²) in [5.74, 6) is -4.18. The molecule has 0 aliphatic carbocycles. The van der Waals surface area contributed by atoms with Crippen LogP contribution in [0.2, 0.25) is 0 Å². The molecule has 15 heavy (non-hydrogen) atoms. The summed E-state index contributed by atoms with van der Waals surface area (Å²) in [6.07, 6.45) is -4.70. The summed E-state index contributed by atoms with van der Waals surface area (Å²) in [7, 11) is 3.56. The number of carboxylic acids is 1. The summed E-state index contributed by atoms with van der Waals surface area (Å²) >= 11 is 0. The second-order valence-electron chi connectivity index (χ2n) is 3.44. The van der Waals surface area contributed by atoms with E-state index >= 15 is 0 Å². The third-order valence-electron chi connectivity index (χ3n) is 1.78. The number of likely N-dealkylation sites (N-methyl/N-ethyl adjacent to an activating group) is 1. The number of nitrogens with one attached hydrogen (secondary N) is 1. The first-order valence-corrected chi connectivity index (χ1v) is 4.40. The molecule has 7 heteroatoms. The highest BCUT2D eigenvalue weighted by atomic mass is 19.4. The zero-order chi connectivity index (χ0) is 12.1. The SMILES string of the molecule is CN(C)CCNCC(C(=O)O)C(F)(F)F. The highest BCUT2D eigenvalue weighted by Gasteiger charge is 2.44. The Morgan fingerprint density at radius 3 is 2.33 bits per heavy atom. The van der Waals surface area contributed by atoms with Gasteiger partial charge in [0, 0.05) is 19.6 Å². The fourth-order valence-electron chi connectivity index (χ4n) is 0.892. The van der Waals surface area contributed by atoms with Crippen molar-refractivity contribution in [3.8, 4) is 0 Å². The van der Waals surface area contributed by atoms with Gasteiger partial charge in [-0.05, 0) is 14.1 Å². The number of carbonyl (C=O) groups is 1. The van der Waals surface area contributed by atoms with Crippen molar-refractivity contribution in [1.29, 1.82) is 0 Å². The number of rotatable bonds is 6. The van der Waals surface area contributed by atoms with Crippen molar-refractivity contribution >= 4 is 5.97 Å². The van der Waals surface area contributed by atoms with Crippen LogP contribution in [0.1, 0.15) is 0 Å². The molecule has 0 aromatic heterocycles. The van der Waals surface area contributed by atoms with Gasteiger partial charge < -0.3 is 15.3 Å². The maximum absolute atomic E-state index is 12.1. The third-order valence-corrected chi connectivity index (χ3v) is 1.78. The molecule has 0 spiro atoms. The van der Waals surface area contributed by atoms with Gasteiger partial charge in [0.2, 0.25) is 0 Å². The van der Waals surface area contributed by atoms with Crippen LogP contribution in [-0.4, -0.2) is 55.9 Å². The summed E-state index contributed by atoms with van der Waals surface area (Å²) in [6.45, 7) is 0.295. The number of hydrogen-bond acceptors (Lipinski definition) is 3. The van der Waals surface area contributed by atoms with E-state index in [1.807, 2.05) is 0 Å². The van der Waals surface area contributed by atoms with Crippen LogP contribution >= 0.6 is 0 Å². The number of nitrogens with zero attached hydrogens (tertiary/aromatic N) is 1. The Labute approximate surface area is 86.1 Å². The van der Waals surface area contributed by atoms with Crippen LogP contribution in [0.4, 0.5) is 13.2 Å². The minimum atomic E-state index is -4.70. The molecule has 0 saturated carbocycles. The quantitative estimate of drug-likeness (QED) is 0.646. The summed E-state index contributed by atoms with van der Waals surface area (Å²) < 4.78 is 36.4. The third kappa shape index (κ3) is 6.29. The van der Waals surface area contributed by atoms with Crippen LogP contribution in [-0.2, 0) is 4.79 Å². The van der Waals surface area contributed by atoms with Crippen molar-refractivity contribution in [3.05, 3.63) is 0 Å². The van der Waals surface area contributed by atoms with Crippen molar-refractivity contribution in [3.63, 3.8) is 0 Å². The van der Waals surface area contributed by atoms with Crippen molar-refractivity contribution in [1.82, 2.24) is 10.2 Å². The Bertz CT molecular complexity index is 207. The molecule has 0 rings (SSSR count). The maximum atomic E-state index is 12.1. The predicted octanol–water partition coefficient (Wildman–Crippen LogP) is 0.401. The van der Waals surface area contributed by atoms with Gasteiger partial charge in [0.05, 0.1) is 0 Å². The highest BCUT2D eigenvalue weighted by molar-refractivity contribution is 5.71. The van der Waals surface area contributed by atoms with Gasteiger partial charge >= 0.3 is 12.1 Å². The van der Waals surface area contributed by atoms with Crippen LogP contribution in [0.15, 0.2) is 0 Å². The first-order valence-electron chi connectivity index (χ1n) is 4.40. The van der Waals surface area contributed by atoms with E-state index in [4.69, 9.17) is 5.11 Å². The van der Waals surface area contributed by atoms with Gasteiger partial charge in [-0.25, -0.2) is 0 Å². The number of carboxylic acid groups (broad SMARTS) is 1. The second kappa shape index (κ2) is 5.92. The lowest BCUT2D eigenvalue weighted by Crippen LogP contribution is -2.40. The Balaban J connectivity index is 3.94. The summed E-state index contributed by atoms with van der Waals surface area (Å²) in [6, 6.07) is 0. The standard InChI is InChI=1S/C8H15F3N2O2/c1-13(2)4-3-12-5-6(7(14)15)8(9,10)11/h6,12H,3-5H2,1-2H3,(H,14,15). The minimum absolute atomic E-state index is 0.326. The van der Waals surface area contributed by atoms with E-state index in [0.717, 1.165) is 0 Å². The Morgan fingerprint density at radius 2 is 2.00 bits per heavy atom. The van der Waals surface area contributed by atoms with Crippen molar-refractivity contribution in [2.45, 2.75) is 6.18 Å². The zero-order valence-electron chi connectivity index (χ0n) is 8.64. The normalized spacial score (nSPS) is 14.3. The Hall–Kier alpha value is -0.820. The minimum Gasteiger partial charge on any atom is -0.481 e. The topological polar surface area (TPSA) is 52.6 Å². The molecular formula is C8H15F3N2O2. The number of aliphatic carboxylic acids is 1. The summed E-state index contributed by atoms with van der Waals surface area (Å²) in [5, 5.41) is 10.8. The van der Waals surface area contributed by atoms with E-state index in [9.17, 15) is 18.0 Å². The molecule has 0 bridgehead atoms. The molecule has 4 nitrogen and oxygen atoms in total. The molecule has 90 valence electrons. The first-order chi connectivity index (χ1) is 6.75. The average Bonchev–Trinajstić information content (AvgIpc) is 1.99. The number of alkyl halides is 3. The molecular weight excluding hydrogens is 213 g/mol. The van der Waals surface area contributed by atoms with Crippen LogP contribution in [0, 0.1) is 5.92 Å². The molecule has 0 aromatic carbocycles. The molecule has 0 aliphatic rings. The first kappa shape index (κ1) is 14.2. The van der Waals surface area contributed by atoms with E-state index in [1.165, 1.54) is 0 Å². The molecule has 0 aromatic rings. The lowest BCUT2D eigenvalue weighted by molar-refractivity contribution is -0.192. The largest absolute Gasteiger partial charge is 0.481 e. The lowest BCUT2D eigenvalue weighted by atomic mass is 10.1. The van der Waals surface area contributed by atoms with Crippen LogP contribution in [0.5, 0.6) is 0 Å². The molecule has 1 unspecified atom stereocenters. The lowest BCUT2D eigenvalue weighted by Gasteiger charge is -2.17. The van der Waals surface area contributed by atoms with Crippen molar-refractivity contribution in [2.24, 2.45) is 5.92 Å². The fraction of sp³-hybridized carbons (Fsp3) is 0.875. The highest BCUT2D eigenvalue weighted by Crippen LogP contribution is 2.25. The van der Waals surface area contributed by atoms with Gasteiger partial charge in [-0.15, -0.1) is 0 Å². The monoisotopic (exact) mass is 228 g/mol. The van der Waals surface area contributed by atoms with Crippen molar-refractivity contribution < 1.29 is 23.1 Å². The zero-order valence-corrected chi connectivity index (χ0v) is 8.64. The second-order valence-corrected chi connectivity index (χ2v) is 3.44. The molecule has 2 N–H and O–H groups in total. The van der Waals surface area contributed by atoms with Crippen molar-refractivity contribution in [2.75, 3.05) is 33.7 Å². The van der Waals surface area contributed by atoms with Gasteiger partial charge in [0.15, 0.2) is 5.92 Å². The molecule has 0 saturated heterocycles.